The smallest absolute Gasteiger partial charge is 0.337 e. The molecule has 3 aliphatic rings. The van der Waals surface area contributed by atoms with Crippen molar-refractivity contribution in [3.63, 3.8) is 0 Å². The Bertz CT molecular complexity index is 1560. The van der Waals surface area contributed by atoms with Gasteiger partial charge in [0.25, 0.3) is 0 Å². The third-order valence-corrected chi connectivity index (χ3v) is 8.63. The maximum Gasteiger partial charge on any atom is 0.337 e. The number of ketones is 4. The predicted octanol–water partition coefficient (Wildman–Crippen LogP) is -0.0972. The number of esters is 1. The van der Waals surface area contributed by atoms with Crippen molar-refractivity contribution in [3.8, 4) is 16.9 Å². The van der Waals surface area contributed by atoms with E-state index in [2.05, 4.69) is 0 Å². The van der Waals surface area contributed by atoms with E-state index < -0.39 is 76.1 Å². The number of rotatable bonds is 4. The number of anilines is 1. The number of amides is 1. The number of nitrogens with zero attached hydrogens (tertiary/aromatic N) is 1. The number of primary amides is 1. The maximum absolute atomic E-state index is 13.9. The summed E-state index contributed by atoms with van der Waals surface area (Å²) in [5, 5.41) is 22.4. The van der Waals surface area contributed by atoms with E-state index in [-0.39, 0.29) is 29.7 Å². The molecule has 12 nitrogen and oxygen atoms in total. The number of Topliss-reactive ketones (excluding diaryl/α,β-unsaturated/α-hetero) is 4. The molecule has 2 saturated carbocycles. The lowest BCUT2D eigenvalue weighted by Crippen LogP contribution is -2.74. The molecule has 2 aromatic carbocycles. The Morgan fingerprint density at radius 3 is 2.37 bits per heavy atom. The van der Waals surface area contributed by atoms with Crippen molar-refractivity contribution in [3.05, 3.63) is 47.0 Å². The lowest BCUT2D eigenvalue weighted by Gasteiger charge is -2.52. The molecule has 0 aliphatic heterocycles. The number of likely N-dealkylation sites (N-methyl/N-ethyl adjacent to an activating group) is 1. The molecule has 214 valence electrons. The molecule has 6 unspecified atom stereocenters. The van der Waals surface area contributed by atoms with E-state index in [4.69, 9.17) is 16.2 Å². The fourth-order valence-electron chi connectivity index (χ4n) is 6.92. The Kier molecular flexibility index (Phi) is 6.58. The van der Waals surface area contributed by atoms with Gasteiger partial charge in [0, 0.05) is 11.6 Å². The SMILES string of the molecule is COC(=O)c1cc(N)cc(-c2ccc(O)c3c2CC2CC4C(N(C)C)C(=O)C(C(N)=O)C(=O)C4(O)C(=O)C2C3=O)c1. The number of hydrogen-bond acceptors (Lipinski definition) is 11. The van der Waals surface area contributed by atoms with E-state index in [1.165, 1.54) is 44.3 Å². The van der Waals surface area contributed by atoms with Crippen molar-refractivity contribution >= 4 is 40.7 Å². The average Bonchev–Trinajstić information content (AvgIpc) is 2.89. The third-order valence-electron chi connectivity index (χ3n) is 8.63. The number of nitrogens with two attached hydrogens (primary N) is 2. The molecule has 0 spiro atoms. The second-order valence-electron chi connectivity index (χ2n) is 11.1. The van der Waals surface area contributed by atoms with Gasteiger partial charge in [-0.25, -0.2) is 4.79 Å². The van der Waals surface area contributed by atoms with Gasteiger partial charge in [-0.2, -0.15) is 0 Å². The van der Waals surface area contributed by atoms with Gasteiger partial charge in [-0.1, -0.05) is 6.07 Å². The first kappa shape index (κ1) is 28.1. The van der Waals surface area contributed by atoms with Gasteiger partial charge in [0.05, 0.1) is 30.2 Å². The molecule has 2 fully saturated rings. The number of ether oxygens (including phenoxy) is 1. The quantitative estimate of drug-likeness (QED) is 0.219. The molecule has 0 aromatic heterocycles. The van der Waals surface area contributed by atoms with Gasteiger partial charge in [0.2, 0.25) is 5.91 Å². The first-order valence-corrected chi connectivity index (χ1v) is 12.9. The normalized spacial score (nSPS) is 29.0. The molecule has 0 heterocycles. The van der Waals surface area contributed by atoms with Crippen molar-refractivity contribution in [1.29, 1.82) is 0 Å². The Labute approximate surface area is 234 Å². The van der Waals surface area contributed by atoms with Gasteiger partial charge in [-0.05, 0) is 73.8 Å². The van der Waals surface area contributed by atoms with E-state index in [9.17, 15) is 39.0 Å². The highest BCUT2D eigenvalue weighted by atomic mass is 16.5. The van der Waals surface area contributed by atoms with Crippen molar-refractivity contribution in [2.75, 3.05) is 26.9 Å². The molecule has 0 bridgehead atoms. The van der Waals surface area contributed by atoms with Crippen LogP contribution in [0, 0.1) is 23.7 Å². The van der Waals surface area contributed by atoms with E-state index in [1.54, 1.807) is 12.1 Å². The molecular weight excluding hydrogens is 534 g/mol. The maximum atomic E-state index is 13.9. The number of benzene rings is 2. The first-order chi connectivity index (χ1) is 19.2. The van der Waals surface area contributed by atoms with E-state index >= 15 is 0 Å². The van der Waals surface area contributed by atoms with Gasteiger partial charge in [0.1, 0.15) is 5.75 Å². The highest BCUT2D eigenvalue weighted by molar-refractivity contribution is 6.32. The highest BCUT2D eigenvalue weighted by Gasteiger charge is 2.69. The van der Waals surface area contributed by atoms with Gasteiger partial charge in [-0.3, -0.25) is 28.9 Å². The molecule has 1 amide bonds. The van der Waals surface area contributed by atoms with Gasteiger partial charge >= 0.3 is 5.97 Å². The molecule has 0 radical (unpaired) electrons. The largest absolute Gasteiger partial charge is 0.507 e. The number of aromatic hydroxyl groups is 1. The lowest BCUT2D eigenvalue weighted by atomic mass is 9.52. The molecule has 0 saturated heterocycles. The van der Waals surface area contributed by atoms with Crippen molar-refractivity contribution in [1.82, 2.24) is 4.90 Å². The summed E-state index contributed by atoms with van der Waals surface area (Å²) in [4.78, 5) is 80.2. The fourth-order valence-corrected chi connectivity index (χ4v) is 6.92. The number of carbonyl (C=O) groups excluding carboxylic acids is 6. The molecule has 5 rings (SSSR count). The van der Waals surface area contributed by atoms with Crippen molar-refractivity contribution in [2.45, 2.75) is 24.5 Å². The standard InChI is InChI=1S/C29H29N3O9/c1-32(2)22-17-10-12-9-16-15(11-6-13(28(39)41-3)8-14(30)7-11)4-5-18(33)20(16)23(34)19(12)25(36)29(17,40)26(37)21(24(22)35)27(31)38/h4-8,12,17,19,21-22,33,40H,9-10,30H2,1-3H3,(H2,31,38). The summed E-state index contributed by atoms with van der Waals surface area (Å²) >= 11 is 0. The Balaban J connectivity index is 1.66. The lowest BCUT2D eigenvalue weighted by molar-refractivity contribution is -0.181. The van der Waals surface area contributed by atoms with Gasteiger partial charge in [0.15, 0.2) is 34.7 Å². The minimum Gasteiger partial charge on any atom is -0.507 e. The first-order valence-electron chi connectivity index (χ1n) is 12.9. The van der Waals surface area contributed by atoms with Gasteiger partial charge < -0.3 is 26.4 Å². The van der Waals surface area contributed by atoms with Crippen molar-refractivity contribution < 1.29 is 43.7 Å². The second kappa shape index (κ2) is 9.60. The van der Waals surface area contributed by atoms with E-state index in [0.717, 1.165) is 0 Å². The Hall–Kier alpha value is -4.42. The highest BCUT2D eigenvalue weighted by Crippen LogP contribution is 2.51. The average molecular weight is 564 g/mol. The topological polar surface area (TPSA) is 207 Å². The van der Waals surface area contributed by atoms with Crippen LogP contribution in [0.15, 0.2) is 30.3 Å². The summed E-state index contributed by atoms with van der Waals surface area (Å²) < 4.78 is 4.80. The molecule has 6 N–H and O–H groups in total. The van der Waals surface area contributed by atoms with Crippen molar-refractivity contribution in [2.24, 2.45) is 29.4 Å². The summed E-state index contributed by atoms with van der Waals surface area (Å²) in [5.41, 5.74) is 10.2. The minimum atomic E-state index is -2.80. The monoisotopic (exact) mass is 563 g/mol. The zero-order valence-corrected chi connectivity index (χ0v) is 22.5. The Morgan fingerprint density at radius 1 is 1.07 bits per heavy atom. The molecule has 41 heavy (non-hydrogen) atoms. The Morgan fingerprint density at radius 2 is 1.76 bits per heavy atom. The zero-order valence-electron chi connectivity index (χ0n) is 22.5. The number of methoxy groups -OCH3 is 1. The summed E-state index contributed by atoms with van der Waals surface area (Å²) in [6, 6.07) is 6.19. The summed E-state index contributed by atoms with van der Waals surface area (Å²) in [6.45, 7) is 0. The van der Waals surface area contributed by atoms with Crippen LogP contribution in [0.4, 0.5) is 5.69 Å². The number of phenols is 1. The summed E-state index contributed by atoms with van der Waals surface area (Å²) in [6.07, 6.45) is -0.0126. The minimum absolute atomic E-state index is 0.0674. The number of nitrogen functional groups attached to an aromatic ring is 1. The molecule has 6 atom stereocenters. The number of phenolic OH excluding ortho intramolecular Hbond substituents is 1. The van der Waals surface area contributed by atoms with Crippen LogP contribution in [-0.2, 0) is 30.3 Å². The molecule has 12 heteroatoms. The van der Waals surface area contributed by atoms with Crippen LogP contribution in [0.3, 0.4) is 0 Å². The van der Waals surface area contributed by atoms with Crippen LogP contribution in [-0.4, -0.2) is 83.0 Å². The number of hydrogen-bond donors (Lipinski definition) is 4. The third kappa shape index (κ3) is 3.97. The van der Waals surface area contributed by atoms with Crippen LogP contribution < -0.4 is 11.5 Å². The second-order valence-corrected chi connectivity index (χ2v) is 11.1. The van der Waals surface area contributed by atoms with Crippen LogP contribution in [0.1, 0.15) is 32.7 Å². The molecule has 3 aliphatic carbocycles. The summed E-state index contributed by atoms with van der Waals surface area (Å²) in [7, 11) is 4.26. The van der Waals surface area contributed by atoms with Crippen LogP contribution in [0.25, 0.3) is 11.1 Å². The van der Waals surface area contributed by atoms with E-state index in [0.29, 0.717) is 16.7 Å². The number of aliphatic hydroxyl groups is 1. The van der Waals surface area contributed by atoms with Crippen LogP contribution >= 0.6 is 0 Å². The number of fused-ring (bicyclic) bond motifs is 3. The van der Waals surface area contributed by atoms with E-state index in [1.807, 2.05) is 0 Å². The predicted molar refractivity (Wildman–Crippen MR) is 143 cm³/mol. The zero-order chi connectivity index (χ0) is 30.1. The van der Waals surface area contributed by atoms with Crippen LogP contribution in [0.2, 0.25) is 0 Å². The fraction of sp³-hybridized carbons (Fsp3) is 0.379. The van der Waals surface area contributed by atoms with Crippen LogP contribution in [0.5, 0.6) is 5.75 Å². The molecule has 2 aromatic rings. The number of carbonyl (C=O) groups is 6. The van der Waals surface area contributed by atoms with Gasteiger partial charge in [-0.15, -0.1) is 0 Å². The summed E-state index contributed by atoms with van der Waals surface area (Å²) in [5.74, 6) is -11.9. The molecular formula is C29H29N3O9.